The lowest BCUT2D eigenvalue weighted by molar-refractivity contribution is -0.117. The van der Waals surface area contributed by atoms with E-state index in [9.17, 15) is 4.79 Å². The van der Waals surface area contributed by atoms with Crippen LogP contribution in [0.15, 0.2) is 30.3 Å². The molecule has 0 aliphatic carbocycles. The summed E-state index contributed by atoms with van der Waals surface area (Å²) in [5, 5.41) is 0. The van der Waals surface area contributed by atoms with Crippen molar-refractivity contribution in [1.29, 1.82) is 0 Å². The van der Waals surface area contributed by atoms with Crippen LogP contribution in [0.4, 0.5) is 0 Å². The van der Waals surface area contributed by atoms with Crippen LogP contribution in [0.3, 0.4) is 0 Å². The predicted molar refractivity (Wildman–Crippen MR) is 68.9 cm³/mol. The molecular formula is C14H21NO2. The Morgan fingerprint density at radius 3 is 2.59 bits per heavy atom. The van der Waals surface area contributed by atoms with Gasteiger partial charge in [-0.1, -0.05) is 30.3 Å². The van der Waals surface area contributed by atoms with E-state index in [1.54, 1.807) is 6.92 Å². The van der Waals surface area contributed by atoms with Crippen LogP contribution in [-0.2, 0) is 16.1 Å². The lowest BCUT2D eigenvalue weighted by Crippen LogP contribution is -2.25. The molecule has 0 amide bonds. The molecule has 1 aromatic carbocycles. The summed E-state index contributed by atoms with van der Waals surface area (Å²) in [6, 6.07) is 10.1. The molecule has 0 radical (unpaired) electrons. The highest BCUT2D eigenvalue weighted by Crippen LogP contribution is 2.00. The first-order chi connectivity index (χ1) is 8.18. The van der Waals surface area contributed by atoms with E-state index in [1.807, 2.05) is 25.2 Å². The number of carbonyl (C=O) groups excluding carboxylic acids is 1. The maximum atomic E-state index is 10.8. The van der Waals surface area contributed by atoms with Crippen molar-refractivity contribution in [3.05, 3.63) is 35.9 Å². The van der Waals surface area contributed by atoms with Crippen LogP contribution >= 0.6 is 0 Å². The number of ketones is 1. The number of rotatable bonds is 8. The third-order valence-electron chi connectivity index (χ3n) is 2.57. The first kappa shape index (κ1) is 13.9. The summed E-state index contributed by atoms with van der Waals surface area (Å²) in [6.07, 6.45) is 0.620. The van der Waals surface area contributed by atoms with E-state index < -0.39 is 0 Å². The largest absolute Gasteiger partial charge is 0.375 e. The zero-order valence-electron chi connectivity index (χ0n) is 10.7. The fourth-order valence-corrected chi connectivity index (χ4v) is 1.44. The molecule has 0 aromatic heterocycles. The van der Waals surface area contributed by atoms with Gasteiger partial charge in [-0.2, -0.15) is 0 Å². The Balaban J connectivity index is 2.06. The Morgan fingerprint density at radius 2 is 1.94 bits per heavy atom. The second-order valence-corrected chi connectivity index (χ2v) is 4.29. The third kappa shape index (κ3) is 6.87. The van der Waals surface area contributed by atoms with Crippen LogP contribution in [0.5, 0.6) is 0 Å². The smallest absolute Gasteiger partial charge is 0.131 e. The van der Waals surface area contributed by atoms with Gasteiger partial charge in [0.2, 0.25) is 0 Å². The molecule has 94 valence electrons. The average molecular weight is 235 g/mol. The van der Waals surface area contributed by atoms with E-state index in [0.717, 1.165) is 13.1 Å². The van der Waals surface area contributed by atoms with Gasteiger partial charge >= 0.3 is 0 Å². The molecule has 0 heterocycles. The predicted octanol–water partition coefficient (Wildman–Crippen LogP) is 2.11. The normalized spacial score (nSPS) is 10.8. The third-order valence-corrected chi connectivity index (χ3v) is 2.57. The Morgan fingerprint density at radius 1 is 1.24 bits per heavy atom. The van der Waals surface area contributed by atoms with Crippen molar-refractivity contribution < 1.29 is 9.53 Å². The monoisotopic (exact) mass is 235 g/mol. The van der Waals surface area contributed by atoms with E-state index >= 15 is 0 Å². The second-order valence-electron chi connectivity index (χ2n) is 4.29. The van der Waals surface area contributed by atoms with Crippen LogP contribution in [-0.4, -0.2) is 37.4 Å². The number of benzene rings is 1. The average Bonchev–Trinajstić information content (AvgIpc) is 2.33. The summed E-state index contributed by atoms with van der Waals surface area (Å²) in [4.78, 5) is 12.9. The highest BCUT2D eigenvalue weighted by Gasteiger charge is 2.00. The fourth-order valence-electron chi connectivity index (χ4n) is 1.44. The summed E-state index contributed by atoms with van der Waals surface area (Å²) in [5.41, 5.74) is 1.19. The molecule has 0 saturated heterocycles. The van der Waals surface area contributed by atoms with Crippen LogP contribution in [0.1, 0.15) is 18.9 Å². The molecule has 1 aromatic rings. The maximum absolute atomic E-state index is 10.8. The lowest BCUT2D eigenvalue weighted by atomic mass is 10.2. The summed E-state index contributed by atoms with van der Waals surface area (Å²) in [6.45, 7) is 4.65. The van der Waals surface area contributed by atoms with E-state index in [0.29, 0.717) is 19.6 Å². The molecule has 0 atom stereocenters. The van der Waals surface area contributed by atoms with E-state index in [2.05, 4.69) is 17.0 Å². The number of Topliss-reactive ketones (excluding diaryl/α,β-unsaturated/α-hetero) is 1. The summed E-state index contributed by atoms with van der Waals surface area (Å²) >= 11 is 0. The second kappa shape index (κ2) is 7.98. The Labute approximate surface area is 103 Å². The van der Waals surface area contributed by atoms with Gasteiger partial charge in [-0.25, -0.2) is 0 Å². The van der Waals surface area contributed by atoms with Gasteiger partial charge < -0.3 is 9.64 Å². The molecule has 0 fully saturated rings. The molecule has 0 aliphatic rings. The highest BCUT2D eigenvalue weighted by molar-refractivity contribution is 5.75. The minimum absolute atomic E-state index is 0.238. The van der Waals surface area contributed by atoms with Crippen molar-refractivity contribution in [3.8, 4) is 0 Å². The first-order valence-corrected chi connectivity index (χ1v) is 5.98. The van der Waals surface area contributed by atoms with Crippen molar-refractivity contribution in [2.45, 2.75) is 20.0 Å². The molecule has 3 nitrogen and oxygen atoms in total. The van der Waals surface area contributed by atoms with Gasteiger partial charge in [-0.3, -0.25) is 4.79 Å². The summed E-state index contributed by atoms with van der Waals surface area (Å²) < 4.78 is 5.57. The SMILES string of the molecule is CC(=O)CCN(C)CCOCc1ccccc1. The number of carbonyl (C=O) groups is 1. The van der Waals surface area contributed by atoms with Gasteiger partial charge in [-0.15, -0.1) is 0 Å². The quantitative estimate of drug-likeness (QED) is 0.646. The molecule has 1 rings (SSSR count). The highest BCUT2D eigenvalue weighted by atomic mass is 16.5. The van der Waals surface area contributed by atoms with Crippen molar-refractivity contribution in [2.24, 2.45) is 0 Å². The minimum Gasteiger partial charge on any atom is -0.375 e. The molecule has 0 N–H and O–H groups in total. The Kier molecular flexibility index (Phi) is 6.51. The van der Waals surface area contributed by atoms with Gasteiger partial charge in [0, 0.05) is 19.5 Å². The standard InChI is InChI=1S/C14H21NO2/c1-13(16)8-9-15(2)10-11-17-12-14-6-4-3-5-7-14/h3-7H,8-12H2,1-2H3. The van der Waals surface area contributed by atoms with Crippen LogP contribution < -0.4 is 0 Å². The van der Waals surface area contributed by atoms with Crippen molar-refractivity contribution in [1.82, 2.24) is 4.90 Å². The van der Waals surface area contributed by atoms with Crippen molar-refractivity contribution in [2.75, 3.05) is 26.7 Å². The van der Waals surface area contributed by atoms with Gasteiger partial charge in [0.05, 0.1) is 13.2 Å². The van der Waals surface area contributed by atoms with E-state index in [4.69, 9.17) is 4.74 Å². The molecule has 17 heavy (non-hydrogen) atoms. The minimum atomic E-state index is 0.238. The Bertz CT molecular complexity index is 324. The van der Waals surface area contributed by atoms with Gasteiger partial charge in [-0.05, 0) is 19.5 Å². The summed E-state index contributed by atoms with van der Waals surface area (Å²) in [7, 11) is 2.01. The first-order valence-electron chi connectivity index (χ1n) is 5.98. The molecule has 0 bridgehead atoms. The van der Waals surface area contributed by atoms with E-state index in [-0.39, 0.29) is 5.78 Å². The van der Waals surface area contributed by atoms with Crippen LogP contribution in [0.2, 0.25) is 0 Å². The van der Waals surface area contributed by atoms with Crippen molar-refractivity contribution >= 4 is 5.78 Å². The molecule has 0 saturated carbocycles. The fraction of sp³-hybridized carbons (Fsp3) is 0.500. The number of ether oxygens (including phenoxy) is 1. The molecule has 3 heteroatoms. The van der Waals surface area contributed by atoms with E-state index in [1.165, 1.54) is 5.56 Å². The molecular weight excluding hydrogens is 214 g/mol. The van der Waals surface area contributed by atoms with Crippen molar-refractivity contribution in [3.63, 3.8) is 0 Å². The number of hydrogen-bond donors (Lipinski definition) is 0. The van der Waals surface area contributed by atoms with Gasteiger partial charge in [0.25, 0.3) is 0 Å². The van der Waals surface area contributed by atoms with Crippen LogP contribution in [0.25, 0.3) is 0 Å². The van der Waals surface area contributed by atoms with Gasteiger partial charge in [0.1, 0.15) is 5.78 Å². The summed E-state index contributed by atoms with van der Waals surface area (Å²) in [5.74, 6) is 0.238. The molecule has 0 spiro atoms. The Hall–Kier alpha value is -1.19. The zero-order chi connectivity index (χ0) is 12.5. The number of likely N-dealkylation sites (N-methyl/N-ethyl adjacent to an activating group) is 1. The number of hydrogen-bond acceptors (Lipinski definition) is 3. The lowest BCUT2D eigenvalue weighted by Gasteiger charge is -2.15. The van der Waals surface area contributed by atoms with Gasteiger partial charge in [0.15, 0.2) is 0 Å². The topological polar surface area (TPSA) is 29.5 Å². The number of nitrogens with zero attached hydrogens (tertiary/aromatic N) is 1. The molecule has 0 unspecified atom stereocenters. The molecule has 0 aliphatic heterocycles. The maximum Gasteiger partial charge on any atom is 0.131 e. The van der Waals surface area contributed by atoms with Crippen LogP contribution in [0, 0.1) is 0 Å². The zero-order valence-corrected chi connectivity index (χ0v) is 10.7.